The molecule has 0 saturated carbocycles. The molecule has 0 saturated heterocycles. The van der Waals surface area contributed by atoms with Crippen molar-refractivity contribution in [3.8, 4) is 5.75 Å². The summed E-state index contributed by atoms with van der Waals surface area (Å²) in [4.78, 5) is 120. The van der Waals surface area contributed by atoms with Crippen molar-refractivity contribution >= 4 is 70.4 Å². The van der Waals surface area contributed by atoms with E-state index in [1.54, 1.807) is 26.0 Å². The van der Waals surface area contributed by atoms with Crippen LogP contribution in [0.2, 0.25) is 51.4 Å². The Balaban J connectivity index is 3.10. The van der Waals surface area contributed by atoms with Crippen molar-refractivity contribution in [1.82, 2.24) is 0 Å². The lowest BCUT2D eigenvalue weighted by Gasteiger charge is -2.37. The minimum absolute atomic E-state index is 0.0215. The number of rotatable bonds is 21. The van der Waals surface area contributed by atoms with Crippen LogP contribution < -0.4 is 4.74 Å². The maximum Gasteiger partial charge on any atom is 0.484 e. The van der Waals surface area contributed by atoms with Crippen LogP contribution in [0.3, 0.4) is 0 Å². The van der Waals surface area contributed by atoms with Gasteiger partial charge in [-0.2, -0.15) is 0 Å². The van der Waals surface area contributed by atoms with Crippen molar-refractivity contribution in [3.05, 3.63) is 28.8 Å². The highest BCUT2D eigenvalue weighted by Gasteiger charge is 2.57. The Bertz CT molecular complexity index is 1030. The summed E-state index contributed by atoms with van der Waals surface area (Å²) in [5.74, 6) is 0.491. The molecular formula is C20H50O19Si8. The van der Waals surface area contributed by atoms with Gasteiger partial charge in [0.1, 0.15) is 5.75 Å². The molecule has 0 atom stereocenters. The molecule has 0 aliphatic heterocycles. The number of hydrogen-bond donors (Lipinski definition) is 12. The topological polar surface area (TPSA) is 307 Å². The highest BCUT2D eigenvalue weighted by Crippen LogP contribution is 2.31. The molecule has 0 bridgehead atoms. The number of hydrogen-bond acceptors (Lipinski definition) is 19. The van der Waals surface area contributed by atoms with Gasteiger partial charge in [0.2, 0.25) is 0 Å². The smallest absolute Gasteiger partial charge is 0.484 e. The molecule has 1 rings (SSSR count). The molecule has 0 spiro atoms. The fourth-order valence-electron chi connectivity index (χ4n) is 4.58. The molecule has 0 unspecified atom stereocenters. The number of ether oxygens (including phenoxy) is 1. The third-order valence-electron chi connectivity index (χ3n) is 5.44. The summed E-state index contributed by atoms with van der Waals surface area (Å²) >= 11 is 0. The van der Waals surface area contributed by atoms with Gasteiger partial charge >= 0.3 is 70.4 Å². The maximum atomic E-state index is 10.0. The van der Waals surface area contributed by atoms with Crippen molar-refractivity contribution in [3.63, 3.8) is 0 Å². The Morgan fingerprint density at radius 1 is 0.468 bits per heavy atom. The van der Waals surface area contributed by atoms with Crippen LogP contribution in [0.15, 0.2) is 12.1 Å². The lowest BCUT2D eigenvalue weighted by atomic mass is 10.0. The summed E-state index contributed by atoms with van der Waals surface area (Å²) in [5.41, 5.74) is 2.18. The van der Waals surface area contributed by atoms with Gasteiger partial charge in [-0.05, 0) is 49.8 Å². The highest BCUT2D eigenvalue weighted by atomic mass is 28.5. The lowest BCUT2D eigenvalue weighted by molar-refractivity contribution is 0.103. The summed E-state index contributed by atoms with van der Waals surface area (Å²) in [7, 11) is -35.4. The molecule has 27 heteroatoms. The molecule has 276 valence electrons. The van der Waals surface area contributed by atoms with Crippen LogP contribution in [-0.2, 0) is 31.1 Å². The van der Waals surface area contributed by atoms with E-state index in [4.69, 9.17) is 29.4 Å². The first-order valence-corrected chi connectivity index (χ1v) is 32.0. The van der Waals surface area contributed by atoms with E-state index in [1.807, 2.05) is 0 Å². The Kier molecular flexibility index (Phi) is 15.9. The third-order valence-corrected chi connectivity index (χ3v) is 24.1. The molecular weight excluding hydrogens is 769 g/mol. The molecule has 0 aliphatic rings. The minimum atomic E-state index is -4.46. The Labute approximate surface area is 282 Å². The molecule has 19 nitrogen and oxygen atoms in total. The van der Waals surface area contributed by atoms with E-state index in [9.17, 15) is 57.5 Å². The second-order valence-corrected chi connectivity index (χ2v) is 31.8. The lowest BCUT2D eigenvalue weighted by Crippen LogP contribution is -2.64. The van der Waals surface area contributed by atoms with Crippen molar-refractivity contribution in [2.24, 2.45) is 0 Å². The van der Waals surface area contributed by atoms with Gasteiger partial charge in [-0.15, -0.1) is 0 Å². The van der Waals surface area contributed by atoms with Gasteiger partial charge in [0, 0.05) is 51.4 Å². The highest BCUT2D eigenvalue weighted by molar-refractivity contribution is 6.84. The van der Waals surface area contributed by atoms with Crippen LogP contribution in [0.1, 0.15) is 29.5 Å². The van der Waals surface area contributed by atoms with Gasteiger partial charge in [0.25, 0.3) is 0 Å². The molecule has 0 radical (unpaired) electrons. The SMILES string of the molecule is Cc1cc(CCC[Si](O[Si](C)(O)O)(O[Si](C)(O)O)O[Si](C)(O)O)cc(C)c1OCCC[Si](O[Si](C)(O)O)(O[Si](C)(O)O)O[Si](C)(O)O. The summed E-state index contributed by atoms with van der Waals surface area (Å²) < 4.78 is 37.6. The second kappa shape index (κ2) is 16.6. The van der Waals surface area contributed by atoms with Crippen molar-refractivity contribution in [2.75, 3.05) is 6.61 Å². The fourth-order valence-corrected chi connectivity index (χ4v) is 25.6. The van der Waals surface area contributed by atoms with E-state index in [0.717, 1.165) is 44.8 Å². The Morgan fingerprint density at radius 2 is 0.745 bits per heavy atom. The standard InChI is InChI=1S/C20H50O19Si8/c1-17-15-19(11-9-13-46(34-40(3,21)22,35-41(4,23)24)36-42(5,25)26)16-18(2)20(17)33-12-10-14-47(37-43(6,27)28,38-44(7,29)30)39-45(8,31)32/h15-16,21-32H,9-14H2,1-8H3. The van der Waals surface area contributed by atoms with Crippen LogP contribution in [0.5, 0.6) is 5.75 Å². The van der Waals surface area contributed by atoms with Crippen LogP contribution in [0.25, 0.3) is 0 Å². The zero-order valence-electron chi connectivity index (χ0n) is 27.6. The Morgan fingerprint density at radius 3 is 1.02 bits per heavy atom. The van der Waals surface area contributed by atoms with E-state index in [0.29, 0.717) is 23.3 Å². The average molecular weight is 819 g/mol. The monoisotopic (exact) mass is 818 g/mol. The summed E-state index contributed by atoms with van der Waals surface area (Å²) in [5, 5.41) is 0. The van der Waals surface area contributed by atoms with Crippen LogP contribution in [0, 0.1) is 13.8 Å². The average Bonchev–Trinajstić information content (AvgIpc) is 2.70. The third kappa shape index (κ3) is 19.9. The number of aryl methyl sites for hydroxylation is 3. The molecule has 12 N–H and O–H groups in total. The molecule has 0 fully saturated rings. The van der Waals surface area contributed by atoms with Crippen molar-refractivity contribution in [2.45, 2.75) is 84.5 Å². The van der Waals surface area contributed by atoms with Crippen LogP contribution >= 0.6 is 0 Å². The zero-order chi connectivity index (χ0) is 36.9. The second-order valence-electron chi connectivity index (χ2n) is 11.9. The van der Waals surface area contributed by atoms with E-state index in [1.165, 1.54) is 0 Å². The summed E-state index contributed by atoms with van der Waals surface area (Å²) in [6.07, 6.45) is 0.561. The fraction of sp³-hybridized carbons (Fsp3) is 0.700. The van der Waals surface area contributed by atoms with Gasteiger partial charge in [-0.3, -0.25) is 0 Å². The largest absolute Gasteiger partial charge is 0.493 e. The Hall–Kier alpha value is 0.0351. The predicted octanol–water partition coefficient (Wildman–Crippen LogP) is -2.70. The molecule has 0 heterocycles. The normalized spacial score (nSPS) is 14.6. The van der Waals surface area contributed by atoms with Gasteiger partial charge in [0.05, 0.1) is 6.61 Å². The first-order chi connectivity index (χ1) is 20.7. The van der Waals surface area contributed by atoms with Gasteiger partial charge in [-0.1, -0.05) is 12.1 Å². The van der Waals surface area contributed by atoms with Gasteiger partial charge in [-0.25, -0.2) is 0 Å². The van der Waals surface area contributed by atoms with Crippen LogP contribution in [-0.4, -0.2) is 135 Å². The molecule has 0 amide bonds. The van der Waals surface area contributed by atoms with Gasteiger partial charge in [0.15, 0.2) is 0 Å². The molecule has 1 aromatic carbocycles. The first-order valence-electron chi connectivity index (χ1n) is 14.3. The maximum absolute atomic E-state index is 10.0. The minimum Gasteiger partial charge on any atom is -0.493 e. The molecule has 1 aromatic rings. The van der Waals surface area contributed by atoms with Crippen LogP contribution in [0.4, 0.5) is 0 Å². The molecule has 0 aliphatic carbocycles. The van der Waals surface area contributed by atoms with Crippen molar-refractivity contribution in [1.29, 1.82) is 0 Å². The number of benzene rings is 1. The van der Waals surface area contributed by atoms with Gasteiger partial charge < -0.3 is 87.0 Å². The van der Waals surface area contributed by atoms with Crippen molar-refractivity contribution < 1.29 is 87.0 Å². The molecule has 47 heavy (non-hydrogen) atoms. The quantitative estimate of drug-likeness (QED) is 0.0444. The first kappa shape index (κ1) is 45.1. The zero-order valence-corrected chi connectivity index (χ0v) is 35.6. The van der Waals surface area contributed by atoms with E-state index in [2.05, 4.69) is 0 Å². The van der Waals surface area contributed by atoms with E-state index < -0.39 is 70.4 Å². The predicted molar refractivity (Wildman–Crippen MR) is 178 cm³/mol. The molecule has 0 aromatic heterocycles. The summed E-state index contributed by atoms with van der Waals surface area (Å²) in [6, 6.07) is 3.10. The van der Waals surface area contributed by atoms with E-state index >= 15 is 0 Å². The van der Waals surface area contributed by atoms with E-state index in [-0.39, 0.29) is 31.5 Å². The summed E-state index contributed by atoms with van der Waals surface area (Å²) in [6.45, 7) is 9.29.